The van der Waals surface area contributed by atoms with Crippen molar-refractivity contribution >= 4 is 33.6 Å². The number of rotatable bonds is 2. The van der Waals surface area contributed by atoms with Gasteiger partial charge < -0.3 is 10.0 Å². The summed E-state index contributed by atoms with van der Waals surface area (Å²) in [7, 11) is 1.59. The number of nitrogens with zero attached hydrogens (tertiary/aromatic N) is 2. The zero-order valence-electron chi connectivity index (χ0n) is 9.13. The maximum absolute atomic E-state index is 11.9. The Bertz CT molecular complexity index is 478. The average Bonchev–Trinajstić information content (AvgIpc) is 2.56. The molecule has 90 valence electrons. The van der Waals surface area contributed by atoms with Crippen LogP contribution in [0.3, 0.4) is 0 Å². The van der Waals surface area contributed by atoms with Crippen molar-refractivity contribution in [2.75, 3.05) is 18.5 Å². The molecule has 1 fully saturated rings. The first kappa shape index (κ1) is 11.9. The van der Waals surface area contributed by atoms with Gasteiger partial charge in [0.2, 0.25) is 0 Å². The lowest BCUT2D eigenvalue weighted by Gasteiger charge is -2.20. The summed E-state index contributed by atoms with van der Waals surface area (Å²) in [6.45, 7) is 0.195. The lowest BCUT2D eigenvalue weighted by Crippen LogP contribution is -2.39. The SMILES string of the molecule is CN1CC(C(=O)O)N(c2cccc(Br)c2)C1=O. The number of hydrogen-bond donors (Lipinski definition) is 1. The molecule has 6 heteroatoms. The number of hydrogen-bond acceptors (Lipinski definition) is 2. The van der Waals surface area contributed by atoms with Crippen molar-refractivity contribution in [3.8, 4) is 0 Å². The second-order valence-corrected chi connectivity index (χ2v) is 4.78. The van der Waals surface area contributed by atoms with E-state index in [1.807, 2.05) is 6.07 Å². The minimum absolute atomic E-state index is 0.195. The van der Waals surface area contributed by atoms with Crippen LogP contribution in [0.4, 0.5) is 10.5 Å². The third-order valence-electron chi connectivity index (χ3n) is 2.66. The molecule has 0 bridgehead atoms. The number of urea groups is 1. The summed E-state index contributed by atoms with van der Waals surface area (Å²) >= 11 is 3.30. The average molecular weight is 299 g/mol. The second kappa shape index (κ2) is 4.37. The molecule has 0 aromatic heterocycles. The molecular formula is C11H11BrN2O3. The highest BCUT2D eigenvalue weighted by molar-refractivity contribution is 9.10. The zero-order chi connectivity index (χ0) is 12.6. The van der Waals surface area contributed by atoms with Gasteiger partial charge in [0.1, 0.15) is 0 Å². The number of aliphatic carboxylic acids is 1. The van der Waals surface area contributed by atoms with Crippen LogP contribution in [0.15, 0.2) is 28.7 Å². The first-order valence-electron chi connectivity index (χ1n) is 5.03. The van der Waals surface area contributed by atoms with Crippen molar-refractivity contribution in [1.82, 2.24) is 4.90 Å². The Balaban J connectivity index is 2.41. The fourth-order valence-electron chi connectivity index (χ4n) is 1.84. The molecule has 0 aliphatic carbocycles. The van der Waals surface area contributed by atoms with Crippen LogP contribution in [0.1, 0.15) is 0 Å². The van der Waals surface area contributed by atoms with Crippen molar-refractivity contribution < 1.29 is 14.7 Å². The topological polar surface area (TPSA) is 60.9 Å². The van der Waals surface area contributed by atoms with Gasteiger partial charge in [0.15, 0.2) is 6.04 Å². The molecule has 0 spiro atoms. The van der Waals surface area contributed by atoms with Crippen LogP contribution in [0, 0.1) is 0 Å². The van der Waals surface area contributed by atoms with Gasteiger partial charge in [-0.1, -0.05) is 22.0 Å². The van der Waals surface area contributed by atoms with Gasteiger partial charge in [-0.2, -0.15) is 0 Å². The van der Waals surface area contributed by atoms with Gasteiger partial charge >= 0.3 is 12.0 Å². The number of halogens is 1. The zero-order valence-corrected chi connectivity index (χ0v) is 10.7. The molecule has 1 saturated heterocycles. The number of carboxylic acids is 1. The van der Waals surface area contributed by atoms with Crippen molar-refractivity contribution in [2.24, 2.45) is 0 Å². The Kier molecular flexibility index (Phi) is 3.06. The molecule has 1 aliphatic heterocycles. The van der Waals surface area contributed by atoms with E-state index in [1.165, 1.54) is 9.80 Å². The Labute approximate surface area is 107 Å². The van der Waals surface area contributed by atoms with Gasteiger partial charge in [-0.3, -0.25) is 4.90 Å². The molecule has 5 nitrogen and oxygen atoms in total. The van der Waals surface area contributed by atoms with Gasteiger partial charge in [-0.05, 0) is 18.2 Å². The Morgan fingerprint density at radius 2 is 2.24 bits per heavy atom. The molecule has 1 heterocycles. The highest BCUT2D eigenvalue weighted by Gasteiger charge is 2.40. The number of anilines is 1. The summed E-state index contributed by atoms with van der Waals surface area (Å²) < 4.78 is 0.807. The van der Waals surface area contributed by atoms with Crippen LogP contribution in [0.5, 0.6) is 0 Å². The predicted molar refractivity (Wildman–Crippen MR) is 66.1 cm³/mol. The molecule has 1 aliphatic rings. The van der Waals surface area contributed by atoms with Crippen molar-refractivity contribution in [2.45, 2.75) is 6.04 Å². The molecule has 17 heavy (non-hydrogen) atoms. The van der Waals surface area contributed by atoms with Crippen LogP contribution in [-0.2, 0) is 4.79 Å². The molecule has 2 amide bonds. The lowest BCUT2D eigenvalue weighted by atomic mass is 10.2. The first-order valence-corrected chi connectivity index (χ1v) is 5.82. The summed E-state index contributed by atoms with van der Waals surface area (Å²) in [6, 6.07) is 5.91. The molecule has 1 unspecified atom stereocenters. The molecule has 1 N–H and O–H groups in total. The monoisotopic (exact) mass is 298 g/mol. The summed E-state index contributed by atoms with van der Waals surface area (Å²) in [5, 5.41) is 9.12. The second-order valence-electron chi connectivity index (χ2n) is 3.87. The predicted octanol–water partition coefficient (Wildman–Crippen LogP) is 1.77. The van der Waals surface area contributed by atoms with Gasteiger partial charge in [-0.15, -0.1) is 0 Å². The Morgan fingerprint density at radius 1 is 1.53 bits per heavy atom. The van der Waals surface area contributed by atoms with Crippen molar-refractivity contribution in [3.63, 3.8) is 0 Å². The van der Waals surface area contributed by atoms with E-state index < -0.39 is 12.0 Å². The fraction of sp³-hybridized carbons (Fsp3) is 0.273. The van der Waals surface area contributed by atoms with Crippen LogP contribution < -0.4 is 4.90 Å². The smallest absolute Gasteiger partial charge is 0.328 e. The minimum atomic E-state index is -0.998. The maximum atomic E-state index is 11.9. The van der Waals surface area contributed by atoms with Crippen molar-refractivity contribution in [1.29, 1.82) is 0 Å². The van der Waals surface area contributed by atoms with Crippen LogP contribution in [0.2, 0.25) is 0 Å². The quantitative estimate of drug-likeness (QED) is 0.905. The third-order valence-corrected chi connectivity index (χ3v) is 3.16. The maximum Gasteiger partial charge on any atom is 0.328 e. The van der Waals surface area contributed by atoms with E-state index in [2.05, 4.69) is 15.9 Å². The van der Waals surface area contributed by atoms with E-state index in [0.717, 1.165) is 4.47 Å². The number of amides is 2. The summed E-state index contributed by atoms with van der Waals surface area (Å²) in [5.41, 5.74) is 0.584. The largest absolute Gasteiger partial charge is 0.480 e. The summed E-state index contributed by atoms with van der Waals surface area (Å²) in [4.78, 5) is 25.7. The van der Waals surface area contributed by atoms with Gasteiger partial charge in [0.05, 0.1) is 6.54 Å². The first-order chi connectivity index (χ1) is 8.00. The molecule has 1 atom stereocenters. The van der Waals surface area contributed by atoms with Crippen LogP contribution in [0.25, 0.3) is 0 Å². The highest BCUT2D eigenvalue weighted by atomic mass is 79.9. The van der Waals surface area contributed by atoms with Crippen molar-refractivity contribution in [3.05, 3.63) is 28.7 Å². The lowest BCUT2D eigenvalue weighted by molar-refractivity contribution is -0.138. The molecule has 0 radical (unpaired) electrons. The number of benzene rings is 1. The molecular weight excluding hydrogens is 288 g/mol. The number of carboxylic acid groups (broad SMARTS) is 1. The van der Waals surface area contributed by atoms with Crippen LogP contribution >= 0.6 is 15.9 Å². The Morgan fingerprint density at radius 3 is 2.82 bits per heavy atom. The third kappa shape index (κ3) is 2.12. The fourth-order valence-corrected chi connectivity index (χ4v) is 2.23. The standard InChI is InChI=1S/C11H11BrN2O3/c1-13-6-9(10(15)16)14(11(13)17)8-4-2-3-7(12)5-8/h2-5,9H,6H2,1H3,(H,15,16). The van der Waals surface area contributed by atoms with E-state index in [-0.39, 0.29) is 12.6 Å². The Hall–Kier alpha value is -1.56. The number of carbonyl (C=O) groups excluding carboxylic acids is 1. The summed E-state index contributed by atoms with van der Waals surface area (Å²) in [5.74, 6) is -0.998. The highest BCUT2D eigenvalue weighted by Crippen LogP contribution is 2.26. The number of likely N-dealkylation sites (N-methyl/N-ethyl adjacent to an activating group) is 1. The number of carbonyl (C=O) groups is 2. The summed E-state index contributed by atoms with van der Waals surface area (Å²) in [6.07, 6.45) is 0. The van der Waals surface area contributed by atoms with Gasteiger partial charge in [0, 0.05) is 17.2 Å². The van der Waals surface area contributed by atoms with Gasteiger partial charge in [0.25, 0.3) is 0 Å². The molecule has 2 rings (SSSR count). The van der Waals surface area contributed by atoms with Gasteiger partial charge in [-0.25, -0.2) is 9.59 Å². The molecule has 1 aromatic carbocycles. The van der Waals surface area contributed by atoms with E-state index >= 15 is 0 Å². The molecule has 0 saturated carbocycles. The van der Waals surface area contributed by atoms with E-state index in [9.17, 15) is 9.59 Å². The van der Waals surface area contributed by atoms with E-state index in [1.54, 1.807) is 25.2 Å². The van der Waals surface area contributed by atoms with E-state index in [0.29, 0.717) is 5.69 Å². The van der Waals surface area contributed by atoms with E-state index in [4.69, 9.17) is 5.11 Å². The molecule has 1 aromatic rings. The van der Waals surface area contributed by atoms with Crippen LogP contribution in [-0.4, -0.2) is 41.6 Å². The normalized spacial score (nSPS) is 19.9. The minimum Gasteiger partial charge on any atom is -0.480 e.